The first-order valence-corrected chi connectivity index (χ1v) is 11.0. The average Bonchev–Trinajstić information content (AvgIpc) is 3.05. The summed E-state index contributed by atoms with van der Waals surface area (Å²) in [5, 5.41) is 2.62. The maximum absolute atomic E-state index is 13.8. The predicted molar refractivity (Wildman–Crippen MR) is 112 cm³/mol. The van der Waals surface area contributed by atoms with Crippen LogP contribution in [-0.4, -0.2) is 40.1 Å². The molecule has 0 bridgehead atoms. The van der Waals surface area contributed by atoms with E-state index in [0.717, 1.165) is 17.9 Å². The average molecular weight is 435 g/mol. The number of ether oxygens (including phenoxy) is 1. The summed E-state index contributed by atoms with van der Waals surface area (Å²) < 4.78 is 43.9. The maximum Gasteiger partial charge on any atom is 0.229 e. The van der Waals surface area contributed by atoms with Gasteiger partial charge in [0.2, 0.25) is 21.8 Å². The number of hydrogen-bond acceptors (Lipinski definition) is 5. The van der Waals surface area contributed by atoms with Gasteiger partial charge in [0, 0.05) is 18.7 Å². The Labute approximate surface area is 174 Å². The number of sulfonamides is 1. The zero-order valence-corrected chi connectivity index (χ0v) is 17.5. The van der Waals surface area contributed by atoms with Crippen LogP contribution in [0.3, 0.4) is 0 Å². The Morgan fingerprint density at radius 2 is 1.97 bits per heavy atom. The summed E-state index contributed by atoms with van der Waals surface area (Å²) in [6.45, 7) is 2.06. The number of amides is 2. The van der Waals surface area contributed by atoms with Gasteiger partial charge in [-0.25, -0.2) is 12.8 Å². The molecule has 8 nitrogen and oxygen atoms in total. The molecule has 0 spiro atoms. The standard InChI is InChI=1S/C20H22FN3O5S/c1-12-4-7-18(29-2)17(8-12)24-11-13(9-19(24)25)20(26)22-14-5-6-15(21)16(10-14)23-30(3,27)28/h4-8,10,13,23H,9,11H2,1-3H3,(H,22,26)/t13-/m1/s1. The molecule has 3 rings (SSSR count). The summed E-state index contributed by atoms with van der Waals surface area (Å²) in [6, 6.07) is 9.00. The van der Waals surface area contributed by atoms with E-state index >= 15 is 0 Å². The van der Waals surface area contributed by atoms with Gasteiger partial charge < -0.3 is 15.0 Å². The van der Waals surface area contributed by atoms with E-state index < -0.39 is 27.7 Å². The van der Waals surface area contributed by atoms with Crippen molar-refractivity contribution in [1.82, 2.24) is 0 Å². The highest BCUT2D eigenvalue weighted by molar-refractivity contribution is 7.92. The second-order valence-electron chi connectivity index (χ2n) is 7.14. The summed E-state index contributed by atoms with van der Waals surface area (Å²) in [4.78, 5) is 26.7. The highest BCUT2D eigenvalue weighted by Gasteiger charge is 2.36. The van der Waals surface area contributed by atoms with Crippen molar-refractivity contribution >= 4 is 38.9 Å². The third kappa shape index (κ3) is 4.88. The molecule has 2 aromatic carbocycles. The maximum atomic E-state index is 13.8. The molecule has 0 unspecified atom stereocenters. The number of carbonyl (C=O) groups is 2. The zero-order chi connectivity index (χ0) is 22.1. The van der Waals surface area contributed by atoms with Crippen molar-refractivity contribution in [3.8, 4) is 5.75 Å². The molecule has 1 heterocycles. The van der Waals surface area contributed by atoms with E-state index in [4.69, 9.17) is 4.74 Å². The van der Waals surface area contributed by atoms with E-state index in [1.165, 1.54) is 24.1 Å². The number of nitrogens with zero attached hydrogens (tertiary/aromatic N) is 1. The Morgan fingerprint density at radius 3 is 2.63 bits per heavy atom. The molecular formula is C20H22FN3O5S. The second-order valence-corrected chi connectivity index (χ2v) is 8.89. The molecule has 1 atom stereocenters. The van der Waals surface area contributed by atoms with Crippen LogP contribution >= 0.6 is 0 Å². The number of nitrogens with one attached hydrogen (secondary N) is 2. The number of methoxy groups -OCH3 is 1. The normalized spacial score (nSPS) is 16.5. The van der Waals surface area contributed by atoms with Gasteiger partial charge in [0.25, 0.3) is 0 Å². The highest BCUT2D eigenvalue weighted by Crippen LogP contribution is 2.34. The number of benzene rings is 2. The van der Waals surface area contributed by atoms with Crippen molar-refractivity contribution in [1.29, 1.82) is 0 Å². The first-order chi connectivity index (χ1) is 14.1. The fourth-order valence-electron chi connectivity index (χ4n) is 3.25. The number of hydrogen-bond donors (Lipinski definition) is 2. The minimum Gasteiger partial charge on any atom is -0.495 e. The van der Waals surface area contributed by atoms with Crippen molar-refractivity contribution in [2.45, 2.75) is 13.3 Å². The fourth-order valence-corrected chi connectivity index (χ4v) is 3.81. The van der Waals surface area contributed by atoms with Crippen LogP contribution in [-0.2, 0) is 19.6 Å². The van der Waals surface area contributed by atoms with Gasteiger partial charge in [-0.2, -0.15) is 0 Å². The van der Waals surface area contributed by atoms with Crippen LogP contribution in [0.15, 0.2) is 36.4 Å². The zero-order valence-electron chi connectivity index (χ0n) is 16.7. The Bertz CT molecular complexity index is 1100. The lowest BCUT2D eigenvalue weighted by Crippen LogP contribution is -2.28. The van der Waals surface area contributed by atoms with Gasteiger partial charge in [-0.1, -0.05) is 6.07 Å². The number of carbonyl (C=O) groups excluding carboxylic acids is 2. The lowest BCUT2D eigenvalue weighted by molar-refractivity contribution is -0.122. The van der Waals surface area contributed by atoms with Gasteiger partial charge in [-0.15, -0.1) is 0 Å². The van der Waals surface area contributed by atoms with Crippen molar-refractivity contribution in [2.75, 3.05) is 34.8 Å². The minimum atomic E-state index is -3.68. The van der Waals surface area contributed by atoms with Gasteiger partial charge in [-0.3, -0.25) is 14.3 Å². The topological polar surface area (TPSA) is 105 Å². The molecule has 2 N–H and O–H groups in total. The molecule has 0 aliphatic carbocycles. The van der Waals surface area contributed by atoms with Crippen molar-refractivity contribution in [3.05, 3.63) is 47.8 Å². The molecule has 1 fully saturated rings. The number of anilines is 3. The fraction of sp³-hybridized carbons (Fsp3) is 0.300. The number of aryl methyl sites for hydroxylation is 1. The van der Waals surface area contributed by atoms with Gasteiger partial charge >= 0.3 is 0 Å². The van der Waals surface area contributed by atoms with Crippen molar-refractivity contribution in [3.63, 3.8) is 0 Å². The summed E-state index contributed by atoms with van der Waals surface area (Å²) in [5.74, 6) is -1.50. The molecule has 160 valence electrons. The van der Waals surface area contributed by atoms with Crippen LogP contribution in [0, 0.1) is 18.7 Å². The van der Waals surface area contributed by atoms with Gasteiger partial charge in [0.1, 0.15) is 11.6 Å². The summed E-state index contributed by atoms with van der Waals surface area (Å²) in [7, 11) is -2.17. The van der Waals surface area contributed by atoms with Crippen LogP contribution in [0.4, 0.5) is 21.5 Å². The van der Waals surface area contributed by atoms with Crippen LogP contribution in [0.1, 0.15) is 12.0 Å². The highest BCUT2D eigenvalue weighted by atomic mass is 32.2. The molecule has 1 aliphatic heterocycles. The molecule has 2 amide bonds. The number of rotatable bonds is 6. The van der Waals surface area contributed by atoms with Crippen molar-refractivity contribution < 1.29 is 27.1 Å². The van der Waals surface area contributed by atoms with Crippen LogP contribution < -0.4 is 19.7 Å². The SMILES string of the molecule is COc1ccc(C)cc1N1C[C@H](C(=O)Nc2ccc(F)c(NS(C)(=O)=O)c2)CC1=O. The molecule has 0 saturated carbocycles. The van der Waals surface area contributed by atoms with Crippen LogP contribution in [0.25, 0.3) is 0 Å². The van der Waals surface area contributed by atoms with Crippen LogP contribution in [0.5, 0.6) is 5.75 Å². The Balaban J connectivity index is 1.76. The second kappa shape index (κ2) is 8.31. The predicted octanol–water partition coefficient (Wildman–Crippen LogP) is 2.51. The third-order valence-electron chi connectivity index (χ3n) is 4.65. The van der Waals surface area contributed by atoms with Gasteiger partial charge in [-0.05, 0) is 42.8 Å². The minimum absolute atomic E-state index is 0.0125. The Kier molecular flexibility index (Phi) is 5.97. The molecule has 2 aromatic rings. The van der Waals surface area contributed by atoms with E-state index in [1.807, 2.05) is 19.1 Å². The molecule has 1 saturated heterocycles. The van der Waals surface area contributed by atoms with Crippen molar-refractivity contribution in [2.24, 2.45) is 5.92 Å². The summed E-state index contributed by atoms with van der Waals surface area (Å²) in [6.07, 6.45) is 0.911. The van der Waals surface area contributed by atoms with E-state index in [-0.39, 0.29) is 30.2 Å². The summed E-state index contributed by atoms with van der Waals surface area (Å²) in [5.41, 5.74) is 1.48. The first-order valence-electron chi connectivity index (χ1n) is 9.10. The molecule has 1 aliphatic rings. The van der Waals surface area contributed by atoms with E-state index in [0.29, 0.717) is 11.4 Å². The Hall–Kier alpha value is -3.14. The molecule has 0 radical (unpaired) electrons. The lowest BCUT2D eigenvalue weighted by Gasteiger charge is -2.20. The first kappa shape index (κ1) is 21.6. The molecule has 0 aromatic heterocycles. The van der Waals surface area contributed by atoms with Gasteiger partial charge in [0.05, 0.1) is 30.7 Å². The third-order valence-corrected chi connectivity index (χ3v) is 5.24. The quantitative estimate of drug-likeness (QED) is 0.726. The van der Waals surface area contributed by atoms with Gasteiger partial charge in [0.15, 0.2) is 0 Å². The Morgan fingerprint density at radius 1 is 1.23 bits per heavy atom. The van der Waals surface area contributed by atoms with E-state index in [1.54, 1.807) is 6.07 Å². The molecule has 30 heavy (non-hydrogen) atoms. The monoisotopic (exact) mass is 435 g/mol. The lowest BCUT2D eigenvalue weighted by atomic mass is 10.1. The molecule has 10 heteroatoms. The van der Waals surface area contributed by atoms with E-state index in [9.17, 15) is 22.4 Å². The van der Waals surface area contributed by atoms with E-state index in [2.05, 4.69) is 10.0 Å². The largest absolute Gasteiger partial charge is 0.495 e. The smallest absolute Gasteiger partial charge is 0.229 e. The molecular weight excluding hydrogens is 413 g/mol. The van der Waals surface area contributed by atoms with Crippen LogP contribution in [0.2, 0.25) is 0 Å². The number of halogens is 1. The summed E-state index contributed by atoms with van der Waals surface area (Å²) >= 11 is 0.